The average molecular weight is 294 g/mol. The van der Waals surface area contributed by atoms with Crippen molar-refractivity contribution in [2.45, 2.75) is 58.0 Å². The van der Waals surface area contributed by atoms with Gasteiger partial charge >= 0.3 is 0 Å². The van der Waals surface area contributed by atoms with Gasteiger partial charge in [0, 0.05) is 6.54 Å². The molecule has 0 radical (unpaired) electrons. The Labute approximate surface area is 128 Å². The molecule has 120 valence electrons. The first-order chi connectivity index (χ1) is 10.0. The Balaban J connectivity index is 1.69. The Morgan fingerprint density at radius 3 is 2.57 bits per heavy atom. The zero-order chi connectivity index (χ0) is 15.2. The van der Waals surface area contributed by atoms with Crippen molar-refractivity contribution in [2.24, 2.45) is 23.2 Å². The number of likely N-dealkylation sites (tertiary alicyclic amines) is 1. The normalized spacial score (nSPS) is 36.4. The molecular weight excluding hydrogens is 264 g/mol. The summed E-state index contributed by atoms with van der Waals surface area (Å²) < 4.78 is 0. The first-order valence-corrected chi connectivity index (χ1v) is 8.61. The molecule has 1 heterocycles. The highest BCUT2D eigenvalue weighted by Crippen LogP contribution is 2.64. The van der Waals surface area contributed by atoms with Crippen LogP contribution in [0.25, 0.3) is 0 Å². The molecule has 0 aromatic rings. The third-order valence-corrected chi connectivity index (χ3v) is 6.52. The minimum atomic E-state index is -0.0556. The van der Waals surface area contributed by atoms with Gasteiger partial charge in [0.25, 0.3) is 0 Å². The van der Waals surface area contributed by atoms with Crippen molar-refractivity contribution in [3.63, 3.8) is 0 Å². The van der Waals surface area contributed by atoms with Crippen LogP contribution in [0, 0.1) is 23.2 Å². The lowest BCUT2D eigenvalue weighted by Gasteiger charge is -2.36. The van der Waals surface area contributed by atoms with Crippen molar-refractivity contribution in [3.05, 3.63) is 0 Å². The summed E-state index contributed by atoms with van der Waals surface area (Å²) in [6.07, 6.45) is 6.12. The molecule has 1 unspecified atom stereocenters. The number of piperidine rings is 1. The van der Waals surface area contributed by atoms with E-state index in [2.05, 4.69) is 19.2 Å². The van der Waals surface area contributed by atoms with E-state index in [-0.39, 0.29) is 24.6 Å². The van der Waals surface area contributed by atoms with Gasteiger partial charge in [-0.1, -0.05) is 33.1 Å². The number of aliphatic hydroxyl groups is 1. The molecule has 2 saturated carbocycles. The van der Waals surface area contributed by atoms with Crippen LogP contribution in [-0.2, 0) is 4.79 Å². The Hall–Kier alpha value is -0.610. The highest BCUT2D eigenvalue weighted by atomic mass is 16.3. The zero-order valence-electron chi connectivity index (χ0n) is 13.6. The molecule has 4 heteroatoms. The van der Waals surface area contributed by atoms with Crippen molar-refractivity contribution >= 4 is 5.91 Å². The molecule has 0 spiro atoms. The van der Waals surface area contributed by atoms with E-state index in [4.69, 9.17) is 0 Å². The van der Waals surface area contributed by atoms with Crippen molar-refractivity contribution in [1.82, 2.24) is 10.2 Å². The predicted molar refractivity (Wildman–Crippen MR) is 82.8 cm³/mol. The second-order valence-corrected chi connectivity index (χ2v) is 7.86. The fourth-order valence-corrected chi connectivity index (χ4v) is 5.11. The zero-order valence-corrected chi connectivity index (χ0v) is 13.6. The quantitative estimate of drug-likeness (QED) is 0.828. The number of aliphatic hydroxyl groups excluding tert-OH is 1. The predicted octanol–water partition coefficient (Wildman–Crippen LogP) is 1.63. The van der Waals surface area contributed by atoms with Gasteiger partial charge in [-0.2, -0.15) is 0 Å². The van der Waals surface area contributed by atoms with E-state index < -0.39 is 0 Å². The summed E-state index contributed by atoms with van der Waals surface area (Å²) in [5.41, 5.74) is 0.310. The van der Waals surface area contributed by atoms with Gasteiger partial charge in [-0.3, -0.25) is 4.79 Å². The summed E-state index contributed by atoms with van der Waals surface area (Å²) >= 11 is 0. The van der Waals surface area contributed by atoms with Gasteiger partial charge in [-0.25, -0.2) is 0 Å². The summed E-state index contributed by atoms with van der Waals surface area (Å²) in [5, 5.41) is 13.0. The summed E-state index contributed by atoms with van der Waals surface area (Å²) in [6, 6.07) is -0.0168. The smallest absolute Gasteiger partial charge is 0.240 e. The van der Waals surface area contributed by atoms with E-state index in [9.17, 15) is 9.90 Å². The molecule has 1 aliphatic heterocycles. The van der Waals surface area contributed by atoms with Crippen LogP contribution < -0.4 is 5.32 Å². The molecule has 4 nitrogen and oxygen atoms in total. The molecule has 1 amide bonds. The molecule has 3 rings (SSSR count). The molecule has 21 heavy (non-hydrogen) atoms. The molecule has 4 atom stereocenters. The molecular formula is C17H30N2O2. The standard InChI is InChI=1S/C17H30N2O2/c1-17(2)12-9-19(13(10-20)14(12)17)16(21)15(18-3)11-7-5-4-6-8-11/h11-15,18,20H,4-10H2,1-3H3/t12-,13+,14?,15-/m0/s1. The van der Waals surface area contributed by atoms with Gasteiger partial charge in [-0.05, 0) is 43.1 Å². The second-order valence-electron chi connectivity index (χ2n) is 7.86. The highest BCUT2D eigenvalue weighted by Gasteiger charge is 2.67. The van der Waals surface area contributed by atoms with Gasteiger partial charge in [0.15, 0.2) is 0 Å². The summed E-state index contributed by atoms with van der Waals surface area (Å²) in [5.74, 6) is 1.78. The molecule has 0 bridgehead atoms. The molecule has 3 fully saturated rings. The van der Waals surface area contributed by atoms with E-state index >= 15 is 0 Å². The molecule has 0 aromatic carbocycles. The van der Waals surface area contributed by atoms with Crippen LogP contribution in [0.1, 0.15) is 46.0 Å². The Morgan fingerprint density at radius 1 is 1.33 bits per heavy atom. The number of nitrogens with zero attached hydrogens (tertiary/aromatic N) is 1. The maximum atomic E-state index is 13.0. The van der Waals surface area contributed by atoms with Gasteiger partial charge in [0.2, 0.25) is 5.91 Å². The fraction of sp³-hybridized carbons (Fsp3) is 0.941. The lowest BCUT2D eigenvalue weighted by atomic mass is 9.83. The van der Waals surface area contributed by atoms with Crippen LogP contribution in [-0.4, -0.2) is 48.2 Å². The first-order valence-electron chi connectivity index (χ1n) is 8.61. The number of amides is 1. The SMILES string of the molecule is CN[C@H](C(=O)N1C[C@H]2C([C@H]1CO)C2(C)C)C1CCCCC1. The van der Waals surface area contributed by atoms with Gasteiger partial charge < -0.3 is 15.3 Å². The van der Waals surface area contributed by atoms with Crippen molar-refractivity contribution in [2.75, 3.05) is 20.2 Å². The summed E-state index contributed by atoms with van der Waals surface area (Å²) in [7, 11) is 1.91. The average Bonchev–Trinajstić information content (AvgIpc) is 2.87. The maximum absolute atomic E-state index is 13.0. The molecule has 2 N–H and O–H groups in total. The number of carbonyl (C=O) groups excluding carboxylic acids is 1. The first kappa shape index (κ1) is 15.3. The van der Waals surface area contributed by atoms with Crippen molar-refractivity contribution < 1.29 is 9.90 Å². The van der Waals surface area contributed by atoms with Crippen LogP contribution in [0.4, 0.5) is 0 Å². The minimum Gasteiger partial charge on any atom is -0.394 e. The van der Waals surface area contributed by atoms with E-state index in [1.165, 1.54) is 19.3 Å². The van der Waals surface area contributed by atoms with Crippen molar-refractivity contribution in [3.8, 4) is 0 Å². The number of hydrogen-bond acceptors (Lipinski definition) is 3. The van der Waals surface area contributed by atoms with Gasteiger partial charge in [0.1, 0.15) is 0 Å². The van der Waals surface area contributed by atoms with E-state index in [1.807, 2.05) is 11.9 Å². The number of nitrogens with one attached hydrogen (secondary N) is 1. The van der Waals surface area contributed by atoms with Gasteiger partial charge in [-0.15, -0.1) is 0 Å². The molecule has 0 aromatic heterocycles. The largest absolute Gasteiger partial charge is 0.394 e. The van der Waals surface area contributed by atoms with E-state index in [0.717, 1.165) is 19.4 Å². The maximum Gasteiger partial charge on any atom is 0.240 e. The topological polar surface area (TPSA) is 52.6 Å². The summed E-state index contributed by atoms with van der Waals surface area (Å²) in [4.78, 5) is 15.0. The number of fused-ring (bicyclic) bond motifs is 1. The number of carbonyl (C=O) groups is 1. The molecule has 2 aliphatic carbocycles. The van der Waals surface area contributed by atoms with E-state index in [1.54, 1.807) is 0 Å². The van der Waals surface area contributed by atoms with Crippen LogP contribution >= 0.6 is 0 Å². The molecule has 1 saturated heterocycles. The van der Waals surface area contributed by atoms with E-state index in [0.29, 0.717) is 23.2 Å². The van der Waals surface area contributed by atoms with Crippen LogP contribution in [0.3, 0.4) is 0 Å². The molecule has 3 aliphatic rings. The number of likely N-dealkylation sites (N-methyl/N-ethyl adjacent to an activating group) is 1. The lowest BCUT2D eigenvalue weighted by molar-refractivity contribution is -0.138. The number of hydrogen-bond donors (Lipinski definition) is 2. The van der Waals surface area contributed by atoms with Crippen LogP contribution in [0.2, 0.25) is 0 Å². The van der Waals surface area contributed by atoms with Gasteiger partial charge in [0.05, 0.1) is 18.7 Å². The Morgan fingerprint density at radius 2 is 2.00 bits per heavy atom. The highest BCUT2D eigenvalue weighted by molar-refractivity contribution is 5.83. The Kier molecular flexibility index (Phi) is 4.04. The van der Waals surface area contributed by atoms with Crippen LogP contribution in [0.15, 0.2) is 0 Å². The number of rotatable bonds is 4. The third-order valence-electron chi connectivity index (χ3n) is 6.52. The van der Waals surface area contributed by atoms with Crippen molar-refractivity contribution in [1.29, 1.82) is 0 Å². The van der Waals surface area contributed by atoms with Crippen LogP contribution in [0.5, 0.6) is 0 Å². The minimum absolute atomic E-state index is 0.0388. The Bertz CT molecular complexity index is 404. The monoisotopic (exact) mass is 294 g/mol. The summed E-state index contributed by atoms with van der Waals surface area (Å²) in [6.45, 7) is 5.48. The lowest BCUT2D eigenvalue weighted by Crippen LogP contribution is -2.53. The third kappa shape index (κ3) is 2.40. The fourth-order valence-electron chi connectivity index (χ4n) is 5.11. The second kappa shape index (κ2) is 5.54.